The lowest BCUT2D eigenvalue weighted by Crippen LogP contribution is -2.28. The Morgan fingerprint density at radius 3 is 2.73 bits per heavy atom. The second-order valence-corrected chi connectivity index (χ2v) is 5.16. The van der Waals surface area contributed by atoms with E-state index in [9.17, 15) is 9.59 Å². The first-order valence-electron chi connectivity index (χ1n) is 7.61. The molecular weight excluding hydrogens is 278 g/mol. The van der Waals surface area contributed by atoms with Crippen LogP contribution in [0.5, 0.6) is 0 Å². The topological polar surface area (TPSA) is 71.1 Å². The predicted molar refractivity (Wildman–Crippen MR) is 87.5 cm³/mol. The summed E-state index contributed by atoms with van der Waals surface area (Å²) in [5, 5.41) is 6.46. The number of anilines is 1. The first-order chi connectivity index (χ1) is 10.7. The van der Waals surface area contributed by atoms with Crippen LogP contribution < -0.4 is 10.6 Å². The van der Waals surface area contributed by atoms with Crippen molar-refractivity contribution in [3.8, 4) is 0 Å². The lowest BCUT2D eigenvalue weighted by Gasteiger charge is -2.08. The lowest BCUT2D eigenvalue weighted by molar-refractivity contribution is -0.126. The molecule has 0 unspecified atom stereocenters. The minimum Gasteiger partial charge on any atom is -0.356 e. The van der Waals surface area contributed by atoms with Crippen LogP contribution in [0.3, 0.4) is 0 Å². The molecule has 2 amide bonds. The summed E-state index contributed by atoms with van der Waals surface area (Å²) in [4.78, 5) is 27.9. The van der Waals surface area contributed by atoms with Crippen LogP contribution in [-0.4, -0.2) is 23.3 Å². The van der Waals surface area contributed by atoms with E-state index in [0.29, 0.717) is 12.2 Å². The van der Waals surface area contributed by atoms with Crippen molar-refractivity contribution in [1.29, 1.82) is 0 Å². The zero-order valence-electron chi connectivity index (χ0n) is 12.8. The van der Waals surface area contributed by atoms with Gasteiger partial charge in [-0.2, -0.15) is 0 Å². The highest BCUT2D eigenvalue weighted by molar-refractivity contribution is 6.06. The van der Waals surface area contributed by atoms with Gasteiger partial charge in [0.05, 0.1) is 11.2 Å². The second kappa shape index (κ2) is 8.12. The minimum absolute atomic E-state index is 0.171. The highest BCUT2D eigenvalue weighted by Crippen LogP contribution is 2.20. The summed E-state index contributed by atoms with van der Waals surface area (Å²) in [5.41, 5.74) is 1.35. The van der Waals surface area contributed by atoms with Crippen LogP contribution in [0.25, 0.3) is 10.9 Å². The number of unbranched alkanes of at least 4 members (excludes halogenated alkanes) is 2. The predicted octanol–water partition coefficient (Wildman–Crippen LogP) is 2.87. The molecule has 0 aliphatic carbocycles. The van der Waals surface area contributed by atoms with E-state index >= 15 is 0 Å². The van der Waals surface area contributed by atoms with Gasteiger partial charge in [0.1, 0.15) is 6.42 Å². The molecule has 0 aliphatic rings. The van der Waals surface area contributed by atoms with E-state index in [1.54, 1.807) is 12.3 Å². The number of amides is 2. The van der Waals surface area contributed by atoms with E-state index < -0.39 is 0 Å². The molecule has 0 bridgehead atoms. The standard InChI is InChI=1S/C17H21N3O2/c1-2-3-4-10-18-15(21)12-16(22)20-14-9-5-7-13-8-6-11-19-17(13)14/h5-9,11H,2-4,10,12H2,1H3,(H,18,21)(H,20,22). The third-order valence-corrected chi connectivity index (χ3v) is 3.33. The average Bonchev–Trinajstić information content (AvgIpc) is 2.52. The molecule has 0 fully saturated rings. The molecule has 0 saturated heterocycles. The Morgan fingerprint density at radius 2 is 1.91 bits per heavy atom. The van der Waals surface area contributed by atoms with Crippen molar-refractivity contribution in [1.82, 2.24) is 10.3 Å². The van der Waals surface area contributed by atoms with Gasteiger partial charge in [0.25, 0.3) is 0 Å². The number of aromatic nitrogens is 1. The number of benzene rings is 1. The second-order valence-electron chi connectivity index (χ2n) is 5.16. The Kier molecular flexibility index (Phi) is 5.89. The maximum atomic E-state index is 12.0. The van der Waals surface area contributed by atoms with Crippen LogP contribution in [0.15, 0.2) is 36.5 Å². The molecule has 2 N–H and O–H groups in total. The fourth-order valence-electron chi connectivity index (χ4n) is 2.21. The SMILES string of the molecule is CCCCCNC(=O)CC(=O)Nc1cccc2cccnc12. The van der Waals surface area contributed by atoms with Crippen molar-refractivity contribution in [3.05, 3.63) is 36.5 Å². The highest BCUT2D eigenvalue weighted by Gasteiger charge is 2.11. The molecule has 5 heteroatoms. The van der Waals surface area contributed by atoms with Crippen molar-refractivity contribution in [2.24, 2.45) is 0 Å². The molecular formula is C17H21N3O2. The molecule has 2 rings (SSSR count). The Labute approximate surface area is 130 Å². The van der Waals surface area contributed by atoms with Crippen LogP contribution in [0.4, 0.5) is 5.69 Å². The number of hydrogen-bond donors (Lipinski definition) is 2. The van der Waals surface area contributed by atoms with Crippen LogP contribution in [0, 0.1) is 0 Å². The van der Waals surface area contributed by atoms with E-state index in [4.69, 9.17) is 0 Å². The van der Waals surface area contributed by atoms with Gasteiger partial charge in [-0.25, -0.2) is 0 Å². The Morgan fingerprint density at radius 1 is 1.09 bits per heavy atom. The average molecular weight is 299 g/mol. The number of carbonyl (C=O) groups excluding carboxylic acids is 2. The lowest BCUT2D eigenvalue weighted by atomic mass is 10.2. The van der Waals surface area contributed by atoms with E-state index in [1.165, 1.54) is 0 Å². The van der Waals surface area contributed by atoms with E-state index in [0.717, 1.165) is 30.2 Å². The molecule has 116 valence electrons. The zero-order valence-corrected chi connectivity index (χ0v) is 12.8. The first kappa shape index (κ1) is 15.9. The quantitative estimate of drug-likeness (QED) is 0.610. The fraction of sp³-hybridized carbons (Fsp3) is 0.353. The van der Waals surface area contributed by atoms with Crippen LogP contribution in [0.1, 0.15) is 32.6 Å². The number of pyridine rings is 1. The van der Waals surface area contributed by atoms with Gasteiger partial charge in [-0.15, -0.1) is 0 Å². The van der Waals surface area contributed by atoms with E-state index in [2.05, 4.69) is 22.5 Å². The number of carbonyl (C=O) groups is 2. The smallest absolute Gasteiger partial charge is 0.233 e. The summed E-state index contributed by atoms with van der Waals surface area (Å²) < 4.78 is 0. The minimum atomic E-state index is -0.328. The van der Waals surface area contributed by atoms with Gasteiger partial charge < -0.3 is 10.6 Å². The van der Waals surface area contributed by atoms with Crippen molar-refractivity contribution in [2.75, 3.05) is 11.9 Å². The van der Waals surface area contributed by atoms with Crippen molar-refractivity contribution < 1.29 is 9.59 Å². The summed E-state index contributed by atoms with van der Waals surface area (Å²) in [7, 11) is 0. The number of hydrogen-bond acceptors (Lipinski definition) is 3. The Balaban J connectivity index is 1.90. The summed E-state index contributed by atoms with van der Waals surface area (Å²) in [5.74, 6) is -0.576. The molecule has 1 aromatic carbocycles. The van der Waals surface area contributed by atoms with E-state index in [1.807, 2.05) is 24.3 Å². The molecule has 22 heavy (non-hydrogen) atoms. The van der Waals surface area contributed by atoms with Crippen molar-refractivity contribution in [3.63, 3.8) is 0 Å². The molecule has 1 aromatic heterocycles. The molecule has 0 aliphatic heterocycles. The Hall–Kier alpha value is -2.43. The van der Waals surface area contributed by atoms with Crippen LogP contribution in [0.2, 0.25) is 0 Å². The third-order valence-electron chi connectivity index (χ3n) is 3.33. The van der Waals surface area contributed by atoms with Crippen molar-refractivity contribution in [2.45, 2.75) is 32.6 Å². The largest absolute Gasteiger partial charge is 0.356 e. The summed E-state index contributed by atoms with van der Waals surface area (Å²) in [6.07, 6.45) is 4.63. The monoisotopic (exact) mass is 299 g/mol. The van der Waals surface area contributed by atoms with Gasteiger partial charge >= 0.3 is 0 Å². The van der Waals surface area contributed by atoms with Gasteiger partial charge in [0.2, 0.25) is 11.8 Å². The van der Waals surface area contributed by atoms with Crippen molar-refractivity contribution >= 4 is 28.4 Å². The molecule has 0 atom stereocenters. The Bertz CT molecular complexity index is 650. The van der Waals surface area contributed by atoms with Gasteiger partial charge in [-0.1, -0.05) is 38.0 Å². The van der Waals surface area contributed by atoms with Gasteiger partial charge in [0, 0.05) is 18.1 Å². The number of para-hydroxylation sites is 1. The number of fused-ring (bicyclic) bond motifs is 1. The first-order valence-corrected chi connectivity index (χ1v) is 7.61. The molecule has 0 saturated carbocycles. The molecule has 5 nitrogen and oxygen atoms in total. The maximum Gasteiger partial charge on any atom is 0.233 e. The van der Waals surface area contributed by atoms with Gasteiger partial charge in [0.15, 0.2) is 0 Å². The van der Waals surface area contributed by atoms with Crippen LogP contribution >= 0.6 is 0 Å². The zero-order chi connectivity index (χ0) is 15.8. The number of nitrogens with one attached hydrogen (secondary N) is 2. The molecule has 2 aromatic rings. The normalized spacial score (nSPS) is 10.4. The molecule has 0 radical (unpaired) electrons. The fourth-order valence-corrected chi connectivity index (χ4v) is 2.21. The maximum absolute atomic E-state index is 12.0. The number of rotatable bonds is 7. The van der Waals surface area contributed by atoms with E-state index in [-0.39, 0.29) is 18.2 Å². The summed E-state index contributed by atoms with van der Waals surface area (Å²) >= 11 is 0. The van der Waals surface area contributed by atoms with Gasteiger partial charge in [-0.05, 0) is 18.6 Å². The highest BCUT2D eigenvalue weighted by atomic mass is 16.2. The van der Waals surface area contributed by atoms with Crippen LogP contribution in [-0.2, 0) is 9.59 Å². The van der Waals surface area contributed by atoms with Gasteiger partial charge in [-0.3, -0.25) is 14.6 Å². The summed E-state index contributed by atoms with van der Waals surface area (Å²) in [6.45, 7) is 2.73. The molecule has 0 spiro atoms. The number of nitrogens with zero attached hydrogens (tertiary/aromatic N) is 1. The third kappa shape index (κ3) is 4.55. The molecule has 1 heterocycles. The summed E-state index contributed by atoms with van der Waals surface area (Å²) in [6, 6.07) is 9.34.